The Balaban J connectivity index is 0.00000261. The summed E-state index contributed by atoms with van der Waals surface area (Å²) in [6, 6.07) is 14.4. The first-order valence-electron chi connectivity index (χ1n) is 8.71. The summed E-state index contributed by atoms with van der Waals surface area (Å²) in [5.74, 6) is 1.35. The predicted molar refractivity (Wildman–Crippen MR) is 125 cm³/mol. The second-order valence-corrected chi connectivity index (χ2v) is 7.31. The molecule has 2 heterocycles. The molecule has 0 radical (unpaired) electrons. The molecule has 1 atom stereocenters. The van der Waals surface area contributed by atoms with Gasteiger partial charge >= 0.3 is 0 Å². The third-order valence-corrected chi connectivity index (χ3v) is 5.35. The maximum Gasteiger partial charge on any atom is 0.193 e. The number of halogens is 1. The highest BCUT2D eigenvalue weighted by molar-refractivity contribution is 14.0. The minimum Gasteiger partial charge on any atom is -0.356 e. The molecule has 7 heteroatoms. The molecule has 0 spiro atoms. The van der Waals surface area contributed by atoms with E-state index < -0.39 is 0 Å². The van der Waals surface area contributed by atoms with Gasteiger partial charge in [0.05, 0.1) is 11.9 Å². The van der Waals surface area contributed by atoms with Gasteiger partial charge in [0.15, 0.2) is 5.96 Å². The van der Waals surface area contributed by atoms with Gasteiger partial charge in [-0.25, -0.2) is 4.68 Å². The van der Waals surface area contributed by atoms with Crippen molar-refractivity contribution in [2.45, 2.75) is 19.4 Å². The van der Waals surface area contributed by atoms with Crippen LogP contribution in [0.25, 0.3) is 5.69 Å². The summed E-state index contributed by atoms with van der Waals surface area (Å²) in [6.07, 6.45) is 3.97. The quantitative estimate of drug-likeness (QED) is 0.314. The molecule has 0 bridgehead atoms. The molecule has 144 valence electrons. The van der Waals surface area contributed by atoms with Crippen LogP contribution >= 0.6 is 35.3 Å². The Morgan fingerprint density at radius 1 is 1.26 bits per heavy atom. The third kappa shape index (κ3) is 5.80. The van der Waals surface area contributed by atoms with Crippen LogP contribution in [0.4, 0.5) is 0 Å². The van der Waals surface area contributed by atoms with Gasteiger partial charge in [-0.2, -0.15) is 5.10 Å². The first-order valence-corrected chi connectivity index (χ1v) is 9.59. The molecule has 0 aliphatic rings. The Labute approximate surface area is 182 Å². The first kappa shape index (κ1) is 21.4. The number of aromatic nitrogens is 2. The van der Waals surface area contributed by atoms with E-state index in [-0.39, 0.29) is 24.0 Å². The van der Waals surface area contributed by atoms with Gasteiger partial charge in [0, 0.05) is 49.7 Å². The summed E-state index contributed by atoms with van der Waals surface area (Å²) in [4.78, 5) is 7.92. The average molecular weight is 495 g/mol. The Bertz CT molecular complexity index is 829. The molecule has 0 aliphatic carbocycles. The number of rotatable bonds is 6. The monoisotopic (exact) mass is 495 g/mol. The SMILES string of the molecule is CN=C(NCC(C)c1cccs1)N(C)Cc1cnn(-c2ccccc2)c1.I. The van der Waals surface area contributed by atoms with Gasteiger partial charge in [-0.1, -0.05) is 31.2 Å². The van der Waals surface area contributed by atoms with Gasteiger partial charge in [-0.15, -0.1) is 35.3 Å². The number of benzene rings is 1. The van der Waals surface area contributed by atoms with Crippen LogP contribution in [0.15, 0.2) is 65.2 Å². The summed E-state index contributed by atoms with van der Waals surface area (Å²) < 4.78 is 1.90. The molecule has 3 aromatic rings. The number of para-hydroxylation sites is 1. The highest BCUT2D eigenvalue weighted by Gasteiger charge is 2.11. The van der Waals surface area contributed by atoms with Crippen LogP contribution in [0.5, 0.6) is 0 Å². The number of hydrogen-bond acceptors (Lipinski definition) is 3. The molecule has 1 aromatic carbocycles. The molecule has 0 saturated heterocycles. The number of aliphatic imine (C=N–C) groups is 1. The van der Waals surface area contributed by atoms with Gasteiger partial charge in [0.2, 0.25) is 0 Å². The molecule has 2 aromatic heterocycles. The number of nitrogens with one attached hydrogen (secondary N) is 1. The van der Waals surface area contributed by atoms with E-state index in [1.165, 1.54) is 4.88 Å². The standard InChI is InChI=1S/C20H25N5S.HI/c1-16(19-10-7-11-26-19)12-22-20(21-2)24(3)14-17-13-23-25(15-17)18-8-5-4-6-9-18;/h4-11,13,15-16H,12,14H2,1-3H3,(H,21,22);1H. The predicted octanol–water partition coefficient (Wildman–Crippen LogP) is 4.36. The van der Waals surface area contributed by atoms with Gasteiger partial charge in [0.1, 0.15) is 0 Å². The third-order valence-electron chi connectivity index (χ3n) is 4.25. The van der Waals surface area contributed by atoms with Crippen molar-refractivity contribution in [3.05, 3.63) is 70.7 Å². The molecule has 0 fully saturated rings. The lowest BCUT2D eigenvalue weighted by Crippen LogP contribution is -2.39. The van der Waals surface area contributed by atoms with Gasteiger partial charge in [-0.3, -0.25) is 4.99 Å². The minimum atomic E-state index is 0. The van der Waals surface area contributed by atoms with Crippen LogP contribution in [0.3, 0.4) is 0 Å². The molecule has 0 amide bonds. The lowest BCUT2D eigenvalue weighted by atomic mass is 10.1. The Morgan fingerprint density at radius 3 is 2.70 bits per heavy atom. The topological polar surface area (TPSA) is 45.5 Å². The summed E-state index contributed by atoms with van der Waals surface area (Å²) in [7, 11) is 3.87. The number of hydrogen-bond donors (Lipinski definition) is 1. The molecular weight excluding hydrogens is 469 g/mol. The van der Waals surface area contributed by atoms with Gasteiger partial charge in [-0.05, 0) is 23.6 Å². The molecule has 3 rings (SSSR count). The zero-order valence-corrected chi connectivity index (χ0v) is 19.0. The highest BCUT2D eigenvalue weighted by atomic mass is 127. The van der Waals surface area contributed by atoms with Crippen molar-refractivity contribution < 1.29 is 0 Å². The van der Waals surface area contributed by atoms with Crippen LogP contribution in [0.2, 0.25) is 0 Å². The maximum absolute atomic E-state index is 4.46. The van der Waals surface area contributed by atoms with E-state index in [0.717, 1.165) is 30.3 Å². The van der Waals surface area contributed by atoms with Crippen molar-refractivity contribution in [3.63, 3.8) is 0 Å². The van der Waals surface area contributed by atoms with Crippen LogP contribution in [-0.2, 0) is 6.54 Å². The lowest BCUT2D eigenvalue weighted by molar-refractivity contribution is 0.474. The van der Waals surface area contributed by atoms with Crippen LogP contribution in [0, 0.1) is 0 Å². The van der Waals surface area contributed by atoms with E-state index in [0.29, 0.717) is 5.92 Å². The Kier molecular flexibility index (Phi) is 8.30. The first-order chi connectivity index (χ1) is 12.7. The summed E-state index contributed by atoms with van der Waals surface area (Å²) in [5, 5.41) is 10.1. The van der Waals surface area contributed by atoms with E-state index in [1.807, 2.05) is 55.3 Å². The fraction of sp³-hybridized carbons (Fsp3) is 0.300. The summed E-state index contributed by atoms with van der Waals surface area (Å²) >= 11 is 1.80. The van der Waals surface area contributed by atoms with Crippen molar-refractivity contribution in [2.24, 2.45) is 4.99 Å². The van der Waals surface area contributed by atoms with Crippen LogP contribution in [0.1, 0.15) is 23.3 Å². The van der Waals surface area contributed by atoms with Crippen molar-refractivity contribution in [1.29, 1.82) is 0 Å². The minimum absolute atomic E-state index is 0. The normalized spacial score (nSPS) is 12.3. The maximum atomic E-state index is 4.46. The van der Waals surface area contributed by atoms with E-state index in [9.17, 15) is 0 Å². The highest BCUT2D eigenvalue weighted by Crippen LogP contribution is 2.19. The van der Waals surface area contributed by atoms with Crippen LogP contribution in [-0.4, -0.2) is 41.3 Å². The summed E-state index contributed by atoms with van der Waals surface area (Å²) in [5.41, 5.74) is 2.21. The van der Waals surface area contributed by atoms with Crippen molar-refractivity contribution in [2.75, 3.05) is 20.6 Å². The molecular formula is C20H26IN5S. The fourth-order valence-electron chi connectivity index (χ4n) is 2.81. The molecule has 1 N–H and O–H groups in total. The van der Waals surface area contributed by atoms with E-state index in [1.54, 1.807) is 11.3 Å². The van der Waals surface area contributed by atoms with Gasteiger partial charge in [0.25, 0.3) is 0 Å². The second-order valence-electron chi connectivity index (χ2n) is 6.33. The molecule has 1 unspecified atom stereocenters. The van der Waals surface area contributed by atoms with Crippen molar-refractivity contribution in [3.8, 4) is 5.69 Å². The molecule has 5 nitrogen and oxygen atoms in total. The molecule has 0 saturated carbocycles. The van der Waals surface area contributed by atoms with Crippen molar-refractivity contribution >= 4 is 41.3 Å². The fourth-order valence-corrected chi connectivity index (χ4v) is 3.60. The number of thiophene rings is 1. The zero-order chi connectivity index (χ0) is 18.4. The van der Waals surface area contributed by atoms with E-state index in [4.69, 9.17) is 0 Å². The second kappa shape index (κ2) is 10.5. The lowest BCUT2D eigenvalue weighted by Gasteiger charge is -2.23. The zero-order valence-electron chi connectivity index (χ0n) is 15.9. The van der Waals surface area contributed by atoms with Crippen molar-refractivity contribution in [1.82, 2.24) is 20.0 Å². The molecule has 27 heavy (non-hydrogen) atoms. The summed E-state index contributed by atoms with van der Waals surface area (Å²) in [6.45, 7) is 3.84. The average Bonchev–Trinajstić information content (AvgIpc) is 3.35. The number of guanidine groups is 1. The van der Waals surface area contributed by atoms with E-state index >= 15 is 0 Å². The smallest absolute Gasteiger partial charge is 0.193 e. The Morgan fingerprint density at radius 2 is 2.04 bits per heavy atom. The van der Waals surface area contributed by atoms with Crippen LogP contribution < -0.4 is 5.32 Å². The molecule has 0 aliphatic heterocycles. The van der Waals surface area contributed by atoms with Gasteiger partial charge < -0.3 is 10.2 Å². The largest absolute Gasteiger partial charge is 0.356 e. The Hall–Kier alpha value is -1.87. The van der Waals surface area contributed by atoms with E-state index in [2.05, 4.69) is 50.9 Å². The number of nitrogens with zero attached hydrogens (tertiary/aromatic N) is 4.